The maximum Gasteiger partial charge on any atom is 0.335 e. The maximum atomic E-state index is 14.0. The van der Waals surface area contributed by atoms with Gasteiger partial charge in [0.2, 0.25) is 0 Å². The first-order valence-corrected chi connectivity index (χ1v) is 23.2. The molecule has 10 nitrogen and oxygen atoms in total. The van der Waals surface area contributed by atoms with Gasteiger partial charge in [-0.05, 0) is 122 Å². The van der Waals surface area contributed by atoms with Crippen molar-refractivity contribution in [1.29, 1.82) is 0 Å². The van der Waals surface area contributed by atoms with Gasteiger partial charge in [0, 0.05) is 6.07 Å². The van der Waals surface area contributed by atoms with Crippen LogP contribution in [0.4, 0.5) is 24.5 Å². The van der Waals surface area contributed by atoms with Crippen LogP contribution in [0.3, 0.4) is 0 Å². The number of carboxylic acids is 2. The summed E-state index contributed by atoms with van der Waals surface area (Å²) in [5.41, 5.74) is 4.59. The highest BCUT2D eigenvalue weighted by molar-refractivity contribution is 7.93. The molecule has 330 valence electrons. The Morgan fingerprint density at radius 3 is 1.22 bits per heavy atom. The largest absolute Gasteiger partial charge is 0.478 e. The Kier molecular flexibility index (Phi) is 17.1. The highest BCUT2D eigenvalue weighted by Gasteiger charge is 2.22. The fraction of sp³-hybridized carbons (Fsp3) is 0.208. The molecule has 0 aromatic heterocycles. The summed E-state index contributed by atoms with van der Waals surface area (Å²) in [7, 11) is -8.25. The Morgan fingerprint density at radius 2 is 0.794 bits per heavy atom. The van der Waals surface area contributed by atoms with Gasteiger partial charge in [-0.2, -0.15) is 0 Å². The highest BCUT2D eigenvalue weighted by Crippen LogP contribution is 2.26. The van der Waals surface area contributed by atoms with Crippen LogP contribution < -0.4 is 9.44 Å². The Morgan fingerprint density at radius 1 is 0.429 bits per heavy atom. The zero-order valence-corrected chi connectivity index (χ0v) is 35.8. The molecule has 6 aromatic rings. The van der Waals surface area contributed by atoms with Crippen molar-refractivity contribution in [1.82, 2.24) is 0 Å². The van der Waals surface area contributed by atoms with E-state index in [1.54, 1.807) is 60.7 Å². The number of unbranched alkanes of at least 4 members (excludes halogenated alkanes) is 4. The first kappa shape index (κ1) is 47.6. The number of aryl methyl sites for hydroxylation is 4. The van der Waals surface area contributed by atoms with E-state index in [1.807, 2.05) is 36.4 Å². The van der Waals surface area contributed by atoms with E-state index in [9.17, 15) is 49.8 Å². The molecule has 6 rings (SSSR count). The lowest BCUT2D eigenvalue weighted by Gasteiger charge is -2.13. The van der Waals surface area contributed by atoms with Crippen LogP contribution in [0.1, 0.15) is 81.5 Å². The number of carbonyl (C=O) groups is 2. The second kappa shape index (κ2) is 22.6. The smallest absolute Gasteiger partial charge is 0.335 e. The minimum Gasteiger partial charge on any atom is -0.478 e. The molecule has 0 fully saturated rings. The number of hydrogen-bond donors (Lipinski definition) is 4. The SMILES string of the molecule is O=C(O)c1ccccc1CCCCCc1ccccc1NS(=O)(=O)c1ccc(F)cc1F.O=C(O)c1ccccc1CCCCCc1ccccc1NS(=O)(=O)c1ccccc1F. The van der Waals surface area contributed by atoms with Gasteiger partial charge in [-0.1, -0.05) is 97.8 Å². The van der Waals surface area contributed by atoms with Crippen molar-refractivity contribution < 1.29 is 49.8 Å². The number of benzene rings is 6. The van der Waals surface area contributed by atoms with Crippen LogP contribution >= 0.6 is 0 Å². The van der Waals surface area contributed by atoms with E-state index in [4.69, 9.17) is 0 Å². The lowest BCUT2D eigenvalue weighted by atomic mass is 9.99. The van der Waals surface area contributed by atoms with Crippen LogP contribution in [0, 0.1) is 17.5 Å². The predicted octanol–water partition coefficient (Wildman–Crippen LogP) is 10.7. The number of hydrogen-bond acceptors (Lipinski definition) is 6. The molecule has 0 aliphatic heterocycles. The molecule has 15 heteroatoms. The molecule has 0 bridgehead atoms. The van der Waals surface area contributed by atoms with E-state index in [2.05, 4.69) is 9.44 Å². The monoisotopic (exact) mass is 900 g/mol. The second-order valence-electron chi connectivity index (χ2n) is 14.6. The summed E-state index contributed by atoms with van der Waals surface area (Å²) in [6.45, 7) is 0. The van der Waals surface area contributed by atoms with Gasteiger partial charge in [-0.25, -0.2) is 39.6 Å². The number of anilines is 2. The Bertz CT molecular complexity index is 2750. The number of sulfonamides is 2. The average molecular weight is 901 g/mol. The molecular formula is C48H47F3N2O8S2. The third-order valence-corrected chi connectivity index (χ3v) is 12.9. The van der Waals surface area contributed by atoms with Crippen molar-refractivity contribution in [3.05, 3.63) is 190 Å². The van der Waals surface area contributed by atoms with Crippen molar-refractivity contribution in [3.8, 4) is 0 Å². The molecule has 0 spiro atoms. The fourth-order valence-electron chi connectivity index (χ4n) is 6.94. The number of para-hydroxylation sites is 2. The predicted molar refractivity (Wildman–Crippen MR) is 237 cm³/mol. The van der Waals surface area contributed by atoms with E-state index in [0.29, 0.717) is 54.3 Å². The van der Waals surface area contributed by atoms with E-state index >= 15 is 0 Å². The van der Waals surface area contributed by atoms with Crippen LogP contribution in [0.25, 0.3) is 0 Å². The number of nitrogens with one attached hydrogen (secondary N) is 2. The molecule has 0 radical (unpaired) electrons. The molecule has 6 aromatic carbocycles. The molecule has 0 unspecified atom stereocenters. The lowest BCUT2D eigenvalue weighted by Crippen LogP contribution is -2.16. The number of rotatable bonds is 20. The van der Waals surface area contributed by atoms with Crippen LogP contribution in [0.15, 0.2) is 149 Å². The molecule has 4 N–H and O–H groups in total. The van der Waals surface area contributed by atoms with Crippen LogP contribution in [0.5, 0.6) is 0 Å². The van der Waals surface area contributed by atoms with E-state index in [0.717, 1.165) is 79.0 Å². The number of carboxylic acid groups (broad SMARTS) is 2. The third-order valence-electron chi connectivity index (χ3n) is 10.1. The molecule has 0 saturated heterocycles. The van der Waals surface area contributed by atoms with Gasteiger partial charge >= 0.3 is 11.9 Å². The summed E-state index contributed by atoms with van der Waals surface area (Å²) < 4.78 is 96.3. The first-order valence-electron chi connectivity index (χ1n) is 20.2. The van der Waals surface area contributed by atoms with Crippen LogP contribution in [-0.2, 0) is 45.7 Å². The summed E-state index contributed by atoms with van der Waals surface area (Å²) in [5, 5.41) is 18.5. The van der Waals surface area contributed by atoms with Gasteiger partial charge in [-0.3, -0.25) is 9.44 Å². The quantitative estimate of drug-likeness (QED) is 0.0549. The summed E-state index contributed by atoms with van der Waals surface area (Å²) in [4.78, 5) is 21.6. The van der Waals surface area contributed by atoms with Gasteiger partial charge in [-0.15, -0.1) is 0 Å². The second-order valence-corrected chi connectivity index (χ2v) is 17.9. The molecule has 0 heterocycles. The van der Waals surface area contributed by atoms with Gasteiger partial charge in [0.25, 0.3) is 20.0 Å². The molecule has 0 saturated carbocycles. The molecular weight excluding hydrogens is 854 g/mol. The third kappa shape index (κ3) is 13.8. The van der Waals surface area contributed by atoms with Crippen molar-refractivity contribution in [2.75, 3.05) is 9.44 Å². The van der Waals surface area contributed by atoms with Crippen molar-refractivity contribution in [2.24, 2.45) is 0 Å². The zero-order valence-electron chi connectivity index (χ0n) is 34.1. The Hall–Kier alpha value is -6.45. The fourth-order valence-corrected chi connectivity index (χ4v) is 9.28. The average Bonchev–Trinajstić information content (AvgIpc) is 3.24. The Labute approximate surface area is 365 Å². The molecule has 0 amide bonds. The molecule has 63 heavy (non-hydrogen) atoms. The minimum absolute atomic E-state index is 0.306. The van der Waals surface area contributed by atoms with Crippen LogP contribution in [0.2, 0.25) is 0 Å². The summed E-state index contributed by atoms with van der Waals surface area (Å²) >= 11 is 0. The van der Waals surface area contributed by atoms with E-state index in [-0.39, 0.29) is 4.90 Å². The van der Waals surface area contributed by atoms with Gasteiger partial charge in [0.1, 0.15) is 27.2 Å². The normalized spacial score (nSPS) is 11.3. The molecule has 0 atom stereocenters. The highest BCUT2D eigenvalue weighted by atomic mass is 32.2. The Balaban J connectivity index is 0.000000238. The molecule has 0 aliphatic rings. The van der Waals surface area contributed by atoms with Gasteiger partial charge in [0.15, 0.2) is 0 Å². The first-order chi connectivity index (χ1) is 30.2. The van der Waals surface area contributed by atoms with E-state index < -0.39 is 54.3 Å². The van der Waals surface area contributed by atoms with Crippen molar-refractivity contribution >= 4 is 43.4 Å². The zero-order chi connectivity index (χ0) is 45.4. The molecule has 0 aliphatic carbocycles. The van der Waals surface area contributed by atoms with Crippen molar-refractivity contribution in [2.45, 2.75) is 74.0 Å². The summed E-state index contributed by atoms with van der Waals surface area (Å²) in [5.74, 6) is -4.68. The van der Waals surface area contributed by atoms with Gasteiger partial charge < -0.3 is 10.2 Å². The summed E-state index contributed by atoms with van der Waals surface area (Å²) in [6.07, 6.45) is 7.43. The van der Waals surface area contributed by atoms with Crippen molar-refractivity contribution in [3.63, 3.8) is 0 Å². The number of aromatic carboxylic acids is 2. The minimum atomic E-state index is -4.21. The topological polar surface area (TPSA) is 167 Å². The van der Waals surface area contributed by atoms with Crippen LogP contribution in [-0.4, -0.2) is 39.0 Å². The standard InChI is InChI=1S/C24H23F2NO4S.C24H24FNO4S/c25-19-14-15-23(21(26)16-19)32(30,31)27-22-13-7-5-11-18(22)10-3-1-2-8-17-9-4-6-12-20(17)24(28)29;25-21-15-7-9-17-23(21)31(29,30)26-22-16-8-5-13-19(22)12-3-1-2-10-18-11-4-6-14-20(18)24(27)28/h4-7,9,11-16,27H,1-3,8,10H2,(H,28,29);4-9,11,13-17,26H,1-3,10,12H2,(H,27,28). The van der Waals surface area contributed by atoms with E-state index in [1.165, 1.54) is 18.2 Å². The summed E-state index contributed by atoms with van der Waals surface area (Å²) in [6, 6.07) is 35.4. The maximum absolute atomic E-state index is 14.0. The lowest BCUT2D eigenvalue weighted by molar-refractivity contribution is 0.0684. The van der Waals surface area contributed by atoms with Gasteiger partial charge in [0.05, 0.1) is 22.5 Å². The number of halogens is 3.